The van der Waals surface area contributed by atoms with E-state index in [0.29, 0.717) is 31.7 Å². The molecule has 7 heteroatoms. The highest BCUT2D eigenvalue weighted by atomic mass is 19.1. The number of rotatable bonds is 6. The molecule has 0 aliphatic carbocycles. The zero-order valence-corrected chi connectivity index (χ0v) is 17.6. The summed E-state index contributed by atoms with van der Waals surface area (Å²) in [6.07, 6.45) is 3.00. The van der Waals surface area contributed by atoms with Crippen LogP contribution in [0.1, 0.15) is 25.7 Å². The predicted octanol–water partition coefficient (Wildman–Crippen LogP) is 3.70. The van der Waals surface area contributed by atoms with E-state index >= 15 is 0 Å². The van der Waals surface area contributed by atoms with Crippen molar-refractivity contribution in [2.45, 2.75) is 25.7 Å². The van der Waals surface area contributed by atoms with Gasteiger partial charge in [0, 0.05) is 38.3 Å². The maximum atomic E-state index is 13.2. The molecule has 0 unspecified atom stereocenters. The van der Waals surface area contributed by atoms with Crippen LogP contribution in [0.2, 0.25) is 0 Å². The van der Waals surface area contributed by atoms with Gasteiger partial charge in [0.2, 0.25) is 11.8 Å². The molecule has 1 atom stereocenters. The minimum atomic E-state index is -0.280. The number of nitrogens with zero attached hydrogens (tertiary/aromatic N) is 2. The van der Waals surface area contributed by atoms with Crippen LogP contribution in [-0.4, -0.2) is 54.6 Å². The normalized spacial score (nSPS) is 19.4. The van der Waals surface area contributed by atoms with Crippen LogP contribution in [0.25, 0.3) is 11.1 Å². The number of hydrogen-bond acceptors (Lipinski definition) is 4. The Morgan fingerprint density at radius 1 is 1.06 bits per heavy atom. The maximum Gasteiger partial charge on any atom is 0.229 e. The van der Waals surface area contributed by atoms with Crippen molar-refractivity contribution < 1.29 is 18.8 Å². The molecule has 2 fully saturated rings. The van der Waals surface area contributed by atoms with Gasteiger partial charge in [0.15, 0.2) is 0 Å². The van der Waals surface area contributed by atoms with Crippen molar-refractivity contribution in [3.8, 4) is 11.1 Å². The van der Waals surface area contributed by atoms with Crippen LogP contribution >= 0.6 is 0 Å². The second-order valence-corrected chi connectivity index (χ2v) is 8.12. The van der Waals surface area contributed by atoms with E-state index in [1.807, 2.05) is 29.3 Å². The predicted molar refractivity (Wildman–Crippen MR) is 117 cm³/mol. The standard InChI is InChI=1S/C24H28FN3O3/c25-21-9-7-18(8-10-21)19-4-1-6-22(16-19)26-24(30)20-5-2-12-27(17-20)23(29)11-14-28-13-3-15-31-28/h1,4,6-10,16,20H,2-3,5,11-15,17H2,(H,26,30)/t20-/m0/s1. The van der Waals surface area contributed by atoms with Crippen LogP contribution < -0.4 is 5.32 Å². The van der Waals surface area contributed by atoms with Gasteiger partial charge in [-0.15, -0.1) is 0 Å². The third-order valence-corrected chi connectivity index (χ3v) is 5.85. The Morgan fingerprint density at radius 3 is 2.68 bits per heavy atom. The molecular weight excluding hydrogens is 397 g/mol. The molecule has 0 aromatic heterocycles. The summed E-state index contributed by atoms with van der Waals surface area (Å²) in [4.78, 5) is 32.7. The summed E-state index contributed by atoms with van der Waals surface area (Å²) < 4.78 is 13.2. The van der Waals surface area contributed by atoms with Crippen LogP contribution in [0.5, 0.6) is 0 Å². The van der Waals surface area contributed by atoms with Crippen molar-refractivity contribution in [1.82, 2.24) is 9.96 Å². The molecule has 1 N–H and O–H groups in total. The monoisotopic (exact) mass is 425 g/mol. The Balaban J connectivity index is 1.33. The zero-order valence-electron chi connectivity index (χ0n) is 17.6. The quantitative estimate of drug-likeness (QED) is 0.767. The van der Waals surface area contributed by atoms with E-state index in [-0.39, 0.29) is 23.5 Å². The second-order valence-electron chi connectivity index (χ2n) is 8.12. The van der Waals surface area contributed by atoms with Crippen molar-refractivity contribution in [2.24, 2.45) is 5.92 Å². The lowest BCUT2D eigenvalue weighted by molar-refractivity contribution is -0.141. The van der Waals surface area contributed by atoms with E-state index in [1.165, 1.54) is 12.1 Å². The van der Waals surface area contributed by atoms with Crippen LogP contribution in [-0.2, 0) is 14.4 Å². The first kappa shape index (κ1) is 21.5. The Hall–Kier alpha value is -2.77. The molecule has 31 heavy (non-hydrogen) atoms. The number of hydrogen-bond donors (Lipinski definition) is 1. The van der Waals surface area contributed by atoms with Crippen LogP contribution in [0.3, 0.4) is 0 Å². The molecular formula is C24H28FN3O3. The minimum absolute atomic E-state index is 0.0726. The summed E-state index contributed by atoms with van der Waals surface area (Å²) >= 11 is 0. The summed E-state index contributed by atoms with van der Waals surface area (Å²) in [5.74, 6) is -0.504. The van der Waals surface area contributed by atoms with Crippen molar-refractivity contribution in [3.05, 3.63) is 54.3 Å². The Morgan fingerprint density at radius 2 is 1.90 bits per heavy atom. The number of carbonyl (C=O) groups excluding carboxylic acids is 2. The van der Waals surface area contributed by atoms with Crippen molar-refractivity contribution >= 4 is 17.5 Å². The van der Waals surface area contributed by atoms with E-state index in [4.69, 9.17) is 4.84 Å². The van der Waals surface area contributed by atoms with E-state index in [1.54, 1.807) is 17.0 Å². The summed E-state index contributed by atoms with van der Waals surface area (Å²) in [5.41, 5.74) is 2.48. The molecule has 6 nitrogen and oxygen atoms in total. The molecule has 0 spiro atoms. The molecule has 2 aromatic carbocycles. The summed E-state index contributed by atoms with van der Waals surface area (Å²) in [5, 5.41) is 4.84. The minimum Gasteiger partial charge on any atom is -0.342 e. The SMILES string of the molecule is O=C(Nc1cccc(-c2ccc(F)cc2)c1)[C@H]1CCCN(C(=O)CCN2CCCO2)C1. The molecule has 0 bridgehead atoms. The molecule has 2 saturated heterocycles. The van der Waals surface area contributed by atoms with E-state index in [2.05, 4.69) is 5.32 Å². The molecule has 4 rings (SSSR count). The van der Waals surface area contributed by atoms with Gasteiger partial charge in [0.05, 0.1) is 12.5 Å². The molecule has 2 heterocycles. The largest absolute Gasteiger partial charge is 0.342 e. The number of likely N-dealkylation sites (tertiary alicyclic amines) is 1. The van der Waals surface area contributed by atoms with Gasteiger partial charge in [0.25, 0.3) is 0 Å². The van der Waals surface area contributed by atoms with Gasteiger partial charge in [-0.2, -0.15) is 5.06 Å². The highest BCUT2D eigenvalue weighted by Crippen LogP contribution is 2.24. The van der Waals surface area contributed by atoms with E-state index in [9.17, 15) is 14.0 Å². The van der Waals surface area contributed by atoms with Gasteiger partial charge in [-0.3, -0.25) is 14.4 Å². The highest BCUT2D eigenvalue weighted by Gasteiger charge is 2.28. The third kappa shape index (κ3) is 5.68. The first-order valence-corrected chi connectivity index (χ1v) is 10.9. The Labute approximate surface area is 181 Å². The lowest BCUT2D eigenvalue weighted by Crippen LogP contribution is -2.44. The van der Waals surface area contributed by atoms with Gasteiger partial charge in [-0.25, -0.2) is 4.39 Å². The number of hydroxylamine groups is 2. The van der Waals surface area contributed by atoms with Gasteiger partial charge in [0.1, 0.15) is 5.82 Å². The fourth-order valence-corrected chi connectivity index (χ4v) is 4.13. The fraction of sp³-hybridized carbons (Fsp3) is 0.417. The number of carbonyl (C=O) groups is 2. The first-order chi connectivity index (χ1) is 15.1. The Kier molecular flexibility index (Phi) is 6.94. The smallest absolute Gasteiger partial charge is 0.229 e. The van der Waals surface area contributed by atoms with Crippen LogP contribution in [0, 0.1) is 11.7 Å². The summed E-state index contributed by atoms with van der Waals surface area (Å²) in [6, 6.07) is 13.8. The molecule has 2 aliphatic heterocycles. The fourth-order valence-electron chi connectivity index (χ4n) is 4.13. The molecule has 164 valence electrons. The van der Waals surface area contributed by atoms with Gasteiger partial charge in [-0.1, -0.05) is 24.3 Å². The van der Waals surface area contributed by atoms with Crippen molar-refractivity contribution in [1.29, 1.82) is 0 Å². The van der Waals surface area contributed by atoms with Gasteiger partial charge < -0.3 is 10.2 Å². The van der Waals surface area contributed by atoms with Crippen molar-refractivity contribution in [3.63, 3.8) is 0 Å². The van der Waals surface area contributed by atoms with Gasteiger partial charge in [-0.05, 0) is 54.7 Å². The average molecular weight is 426 g/mol. The molecule has 2 amide bonds. The lowest BCUT2D eigenvalue weighted by Gasteiger charge is -2.32. The highest BCUT2D eigenvalue weighted by molar-refractivity contribution is 5.93. The molecule has 0 radical (unpaired) electrons. The first-order valence-electron chi connectivity index (χ1n) is 10.9. The van der Waals surface area contributed by atoms with Crippen LogP contribution in [0.4, 0.5) is 10.1 Å². The number of benzene rings is 2. The maximum absolute atomic E-state index is 13.2. The number of anilines is 1. The molecule has 2 aromatic rings. The second kappa shape index (κ2) is 10.0. The molecule has 0 saturated carbocycles. The summed E-state index contributed by atoms with van der Waals surface area (Å²) in [6.45, 7) is 3.34. The average Bonchev–Trinajstić information content (AvgIpc) is 3.32. The number of amides is 2. The number of piperidine rings is 1. The molecule has 2 aliphatic rings. The van der Waals surface area contributed by atoms with Crippen molar-refractivity contribution in [2.75, 3.05) is 38.1 Å². The van der Waals surface area contributed by atoms with E-state index in [0.717, 1.165) is 43.5 Å². The zero-order chi connectivity index (χ0) is 21.6. The summed E-state index contributed by atoms with van der Waals surface area (Å²) in [7, 11) is 0. The lowest BCUT2D eigenvalue weighted by atomic mass is 9.96. The number of halogens is 1. The van der Waals surface area contributed by atoms with Gasteiger partial charge >= 0.3 is 0 Å². The van der Waals surface area contributed by atoms with E-state index < -0.39 is 0 Å². The third-order valence-electron chi connectivity index (χ3n) is 5.85. The number of nitrogens with one attached hydrogen (secondary N) is 1. The topological polar surface area (TPSA) is 61.9 Å². The van der Waals surface area contributed by atoms with Crippen LogP contribution in [0.15, 0.2) is 48.5 Å². The Bertz CT molecular complexity index is 913.